The van der Waals surface area contributed by atoms with E-state index in [-0.39, 0.29) is 82.9 Å². The van der Waals surface area contributed by atoms with Crippen LogP contribution in [0.25, 0.3) is 0 Å². The van der Waals surface area contributed by atoms with E-state index in [2.05, 4.69) is 35.9 Å². The highest BCUT2D eigenvalue weighted by Gasteiger charge is 2.49. The highest BCUT2D eigenvalue weighted by Crippen LogP contribution is 2.52. The Morgan fingerprint density at radius 3 is 1.14 bits per heavy atom. The number of nitrogens with zero attached hydrogens (tertiary/aromatic N) is 4. The zero-order valence-electron chi connectivity index (χ0n) is 51.6. The minimum absolute atomic E-state index is 0.0450. The van der Waals surface area contributed by atoms with Crippen molar-refractivity contribution in [3.05, 3.63) is 70.8 Å². The number of carbonyl (C=O) groups is 4. The van der Waals surface area contributed by atoms with Crippen molar-refractivity contribution in [2.24, 2.45) is 83.6 Å². The summed E-state index contributed by atoms with van der Waals surface area (Å²) in [5, 5.41) is 9.64. The number of carbonyl (C=O) groups excluding carboxylic acids is 4. The third-order valence-electron chi connectivity index (χ3n) is 16.2. The van der Waals surface area contributed by atoms with Crippen LogP contribution in [-0.4, -0.2) is 132 Å². The predicted molar refractivity (Wildman–Crippen MR) is 343 cm³/mol. The highest BCUT2D eigenvalue weighted by atomic mass is 16.5. The van der Waals surface area contributed by atoms with E-state index in [0.29, 0.717) is 135 Å². The van der Waals surface area contributed by atoms with Crippen LogP contribution in [0.3, 0.4) is 0 Å². The summed E-state index contributed by atoms with van der Waals surface area (Å²) < 4.78 is 35.9. The summed E-state index contributed by atoms with van der Waals surface area (Å²) >= 11 is 0. The first-order chi connectivity index (χ1) is 42.5. The van der Waals surface area contributed by atoms with Crippen molar-refractivity contribution >= 4 is 47.3 Å². The smallest absolute Gasteiger partial charge is 0.255 e. The molecule has 3 saturated carbocycles. The lowest BCUT2D eigenvalue weighted by Crippen LogP contribution is -2.44. The molecule has 3 amide bonds. The number of benzene rings is 3. The number of amides is 3. The van der Waals surface area contributed by atoms with Crippen LogP contribution < -0.4 is 90.2 Å². The maximum Gasteiger partial charge on any atom is 0.255 e. The number of ether oxygens (including phenoxy) is 6. The summed E-state index contributed by atoms with van der Waals surface area (Å²) in [6.45, 7) is 3.94. The predicted octanol–water partition coefficient (Wildman–Crippen LogP) is 5.27. The molecule has 25 heteroatoms. The fraction of sp³-hybridized carbons (Fsp3) is 0.587. The van der Waals surface area contributed by atoms with Crippen molar-refractivity contribution in [1.82, 2.24) is 16.0 Å². The molecule has 3 aliphatic carbocycles. The zero-order chi connectivity index (χ0) is 63.2. The number of unbranched alkanes of at least 4 members (excludes halogenated alkanes) is 8. The molecule has 484 valence electrons. The molecule has 0 aliphatic heterocycles. The van der Waals surface area contributed by atoms with Gasteiger partial charge in [0.1, 0.15) is 34.5 Å². The van der Waals surface area contributed by atoms with Crippen molar-refractivity contribution < 1.29 is 47.6 Å². The third kappa shape index (κ3) is 23.4. The molecule has 3 aromatic carbocycles. The molecule has 6 rings (SSSR count). The lowest BCUT2D eigenvalue weighted by Gasteiger charge is -2.30. The van der Waals surface area contributed by atoms with E-state index in [1.165, 1.54) is 14.2 Å². The molecule has 88 heavy (non-hydrogen) atoms. The van der Waals surface area contributed by atoms with Crippen LogP contribution in [0.1, 0.15) is 176 Å². The molecule has 3 fully saturated rings. The Kier molecular flexibility index (Phi) is 28.7. The van der Waals surface area contributed by atoms with Crippen LogP contribution in [-0.2, 0) is 0 Å². The van der Waals surface area contributed by atoms with Crippen LogP contribution in [0.15, 0.2) is 68.5 Å². The van der Waals surface area contributed by atoms with Gasteiger partial charge in [-0.3, -0.25) is 39.1 Å². The van der Waals surface area contributed by atoms with Crippen molar-refractivity contribution in [1.29, 1.82) is 0 Å². The molecule has 25 nitrogen and oxygen atoms in total. The number of hydrogen-bond acceptors (Lipinski definition) is 14. The van der Waals surface area contributed by atoms with Crippen LogP contribution in [0.2, 0.25) is 0 Å². The number of methoxy groups -OCH3 is 2. The van der Waals surface area contributed by atoms with Gasteiger partial charge in [-0.15, -0.1) is 0 Å². The number of aliphatic imine (C=N–C) groups is 4. The Bertz CT molecular complexity index is 2840. The van der Waals surface area contributed by atoms with Crippen molar-refractivity contribution in [3.63, 3.8) is 0 Å². The normalized spacial score (nSPS) is 18.5. The van der Waals surface area contributed by atoms with Crippen LogP contribution in [0.5, 0.6) is 34.5 Å². The second-order valence-corrected chi connectivity index (χ2v) is 22.9. The zero-order valence-corrected chi connectivity index (χ0v) is 51.6. The first-order valence-electron chi connectivity index (χ1n) is 31.3. The van der Waals surface area contributed by atoms with E-state index in [1.54, 1.807) is 48.5 Å². The summed E-state index contributed by atoms with van der Waals surface area (Å²) in [5.74, 6) is 2.37. The van der Waals surface area contributed by atoms with Gasteiger partial charge in [0.15, 0.2) is 29.6 Å². The minimum atomic E-state index is -0.359. The molecule has 0 heterocycles. The van der Waals surface area contributed by atoms with Crippen molar-refractivity contribution in [2.45, 2.75) is 153 Å². The first kappa shape index (κ1) is 68.7. The molecule has 0 bridgehead atoms. The number of nitrogens with one attached hydrogen (secondary N) is 3. The van der Waals surface area contributed by atoms with E-state index < -0.39 is 0 Å². The Morgan fingerprint density at radius 2 is 0.761 bits per heavy atom. The fourth-order valence-corrected chi connectivity index (χ4v) is 11.3. The molecular formula is C63H97N15O10. The highest BCUT2D eigenvalue weighted by molar-refractivity contribution is 6.06. The maximum absolute atomic E-state index is 14.4. The molecular weight excluding hydrogens is 1130 g/mol. The Hall–Kier alpha value is -8.38. The number of Topliss-reactive ketones (excluding diaryl/α,β-unsaturated/α-hetero) is 1. The van der Waals surface area contributed by atoms with Crippen LogP contribution >= 0.6 is 0 Å². The average Bonchev–Trinajstić information content (AvgIpc) is 1.89. The van der Waals surface area contributed by atoms with E-state index in [4.69, 9.17) is 74.3 Å². The number of hydrogen-bond donors (Lipinski definition) is 11. The molecule has 2 atom stereocenters. The Morgan fingerprint density at radius 1 is 0.409 bits per heavy atom. The molecule has 3 aromatic rings. The summed E-state index contributed by atoms with van der Waals surface area (Å²) in [6, 6.07) is 13.4. The number of rotatable bonds is 39. The topological polar surface area (TPSA) is 417 Å². The van der Waals surface area contributed by atoms with Gasteiger partial charge in [-0.1, -0.05) is 0 Å². The summed E-state index contributed by atoms with van der Waals surface area (Å²) in [4.78, 5) is 72.4. The van der Waals surface area contributed by atoms with Gasteiger partial charge in [0, 0.05) is 68.4 Å². The quantitative estimate of drug-likeness (QED) is 0.0150. The van der Waals surface area contributed by atoms with E-state index in [1.807, 2.05) is 0 Å². The van der Waals surface area contributed by atoms with Gasteiger partial charge in [-0.2, -0.15) is 0 Å². The monoisotopic (exact) mass is 1220 g/mol. The Labute approximate surface area is 517 Å². The van der Waals surface area contributed by atoms with Gasteiger partial charge in [-0.05, 0) is 177 Å². The van der Waals surface area contributed by atoms with E-state index in [0.717, 1.165) is 109 Å². The fourth-order valence-electron chi connectivity index (χ4n) is 11.3. The number of nitrogens with two attached hydrogens (primary N) is 8. The number of guanidine groups is 4. The summed E-state index contributed by atoms with van der Waals surface area (Å²) in [6.07, 6.45) is 16.3. The standard InChI is InChI=1S/C63H97N15O10/c1-83-52-39-53(84-2)51(59(82)78-43-21-19-42(20-22-43)77-58(81)47-26-24-45(86-32-12-4-8-28-73-61(66)67)36-55(47)88-34-14-6-10-30-75-63(70)71)38-50(52)56(79)49-37-48(49)40-15-17-41(18-16-40)76-57(80)46-25-23-44(85-31-11-3-7-27-72-60(64)65)35-54(46)87-33-13-5-9-29-74-62(68)69/h23-26,35-36,38-43,48-49H,3-22,27-34,37H2,1-2H3,(H,76,80)(H,77,81)(H,78,82)(H4,64,65,72)(H4,66,67,73)(H4,68,69,74)(H4,70,71,75). The van der Waals surface area contributed by atoms with Gasteiger partial charge in [-0.25, -0.2) is 0 Å². The maximum atomic E-state index is 14.4. The molecule has 3 aliphatic rings. The Balaban J connectivity index is 0.988. The minimum Gasteiger partial charge on any atom is -0.496 e. The largest absolute Gasteiger partial charge is 0.496 e. The van der Waals surface area contributed by atoms with E-state index >= 15 is 0 Å². The summed E-state index contributed by atoms with van der Waals surface area (Å²) in [5.41, 5.74) is 45.0. The average molecular weight is 1220 g/mol. The van der Waals surface area contributed by atoms with Gasteiger partial charge in [0.05, 0.1) is 62.9 Å². The molecule has 0 aromatic heterocycles. The first-order valence-corrected chi connectivity index (χ1v) is 31.3. The lowest BCUT2D eigenvalue weighted by atomic mass is 9.82. The molecule has 2 unspecified atom stereocenters. The van der Waals surface area contributed by atoms with Gasteiger partial charge in [0.2, 0.25) is 0 Å². The molecule has 0 radical (unpaired) electrons. The van der Waals surface area contributed by atoms with Crippen molar-refractivity contribution in [3.8, 4) is 34.5 Å². The second-order valence-electron chi connectivity index (χ2n) is 22.9. The molecule has 0 spiro atoms. The molecule has 19 N–H and O–H groups in total. The van der Waals surface area contributed by atoms with Gasteiger partial charge < -0.3 is 90.2 Å². The van der Waals surface area contributed by atoms with Crippen LogP contribution in [0, 0.1) is 17.8 Å². The third-order valence-corrected chi connectivity index (χ3v) is 16.2. The van der Waals surface area contributed by atoms with Gasteiger partial charge in [0.25, 0.3) is 17.7 Å². The lowest BCUT2D eigenvalue weighted by molar-refractivity contribution is 0.0887. The van der Waals surface area contributed by atoms with Crippen molar-refractivity contribution in [2.75, 3.05) is 66.8 Å². The summed E-state index contributed by atoms with van der Waals surface area (Å²) in [7, 11) is 2.99. The second kappa shape index (κ2) is 36.7. The molecule has 0 saturated heterocycles. The van der Waals surface area contributed by atoms with E-state index in [9.17, 15) is 19.2 Å². The number of ketones is 1. The SMILES string of the molecule is COc1cc(OC)c(C(=O)C2CC2C2CCC(NC(=O)c3ccc(OCCCCCN=C(N)N)cc3OCCCCCN=C(N)N)CC2)cc1C(=O)NC1CCC(NC(=O)c2ccc(OCCCCCN=C(N)N)cc2OCCCCCN=C(N)N)CC1. The van der Waals surface area contributed by atoms with Crippen LogP contribution in [0.4, 0.5) is 0 Å². The van der Waals surface area contributed by atoms with Gasteiger partial charge >= 0.3 is 0 Å².